The van der Waals surface area contributed by atoms with Crippen LogP contribution in [0.5, 0.6) is 0 Å². The van der Waals surface area contributed by atoms with E-state index in [0.717, 1.165) is 31.1 Å². The van der Waals surface area contributed by atoms with E-state index in [0.29, 0.717) is 6.54 Å². The molecule has 0 spiro atoms. The van der Waals surface area contributed by atoms with E-state index >= 15 is 0 Å². The van der Waals surface area contributed by atoms with Gasteiger partial charge >= 0.3 is 0 Å². The molecular weight excluding hydrogens is 240 g/mol. The van der Waals surface area contributed by atoms with Crippen molar-refractivity contribution in [2.24, 2.45) is 5.92 Å². The van der Waals surface area contributed by atoms with Gasteiger partial charge in [-0.2, -0.15) is 0 Å². The Balaban J connectivity index is 1.80. The number of hydrogen-bond donors (Lipinski definition) is 4. The molecule has 0 aliphatic carbocycles. The summed E-state index contributed by atoms with van der Waals surface area (Å²) in [6, 6.07) is 8.38. The largest absolute Gasteiger partial charge is 0.394 e. The van der Waals surface area contributed by atoms with Crippen LogP contribution in [0.4, 0.5) is 5.69 Å². The van der Waals surface area contributed by atoms with Gasteiger partial charge in [0.2, 0.25) is 0 Å². The summed E-state index contributed by atoms with van der Waals surface area (Å²) in [6.07, 6.45) is 2.99. The molecule has 4 heteroatoms. The zero-order valence-electron chi connectivity index (χ0n) is 11.3. The van der Waals surface area contributed by atoms with Crippen molar-refractivity contribution in [2.75, 3.05) is 31.6 Å². The zero-order valence-corrected chi connectivity index (χ0v) is 11.3. The van der Waals surface area contributed by atoms with Crippen LogP contribution >= 0.6 is 0 Å². The molecule has 0 radical (unpaired) electrons. The number of benzene rings is 1. The SMILES string of the molecule is OCC(O)CNc1ccc(CC2CCNCC2)cc1. The Morgan fingerprint density at radius 1 is 1.21 bits per heavy atom. The Labute approximate surface area is 114 Å². The number of nitrogens with one attached hydrogen (secondary N) is 2. The third kappa shape index (κ3) is 4.82. The van der Waals surface area contributed by atoms with Crippen molar-refractivity contribution in [3.05, 3.63) is 29.8 Å². The summed E-state index contributed by atoms with van der Waals surface area (Å²) >= 11 is 0. The number of rotatable bonds is 6. The van der Waals surface area contributed by atoms with Crippen LogP contribution in [0.25, 0.3) is 0 Å². The van der Waals surface area contributed by atoms with E-state index in [1.165, 1.54) is 18.4 Å². The Morgan fingerprint density at radius 2 is 1.89 bits per heavy atom. The van der Waals surface area contributed by atoms with Crippen LogP contribution in [0.2, 0.25) is 0 Å². The fraction of sp³-hybridized carbons (Fsp3) is 0.600. The summed E-state index contributed by atoms with van der Waals surface area (Å²) in [7, 11) is 0. The molecule has 1 fully saturated rings. The number of anilines is 1. The van der Waals surface area contributed by atoms with E-state index in [9.17, 15) is 5.11 Å². The molecule has 1 aromatic rings. The predicted octanol–water partition coefficient (Wildman–Crippen LogP) is 0.994. The highest BCUT2D eigenvalue weighted by Crippen LogP contribution is 2.19. The summed E-state index contributed by atoms with van der Waals surface area (Å²) in [5.74, 6) is 0.802. The lowest BCUT2D eigenvalue weighted by molar-refractivity contribution is 0.105. The lowest BCUT2D eigenvalue weighted by Gasteiger charge is -2.22. The second-order valence-corrected chi connectivity index (χ2v) is 5.31. The molecule has 0 saturated carbocycles. The average Bonchev–Trinajstić information content (AvgIpc) is 2.47. The molecule has 19 heavy (non-hydrogen) atoms. The van der Waals surface area contributed by atoms with E-state index in [1.807, 2.05) is 12.1 Å². The van der Waals surface area contributed by atoms with Crippen molar-refractivity contribution >= 4 is 5.69 Å². The van der Waals surface area contributed by atoms with Crippen molar-refractivity contribution < 1.29 is 10.2 Å². The van der Waals surface area contributed by atoms with Crippen molar-refractivity contribution in [2.45, 2.75) is 25.4 Å². The van der Waals surface area contributed by atoms with Crippen LogP contribution in [0.3, 0.4) is 0 Å². The number of piperidine rings is 1. The molecule has 0 aromatic heterocycles. The zero-order chi connectivity index (χ0) is 13.5. The van der Waals surface area contributed by atoms with E-state index in [1.54, 1.807) is 0 Å². The van der Waals surface area contributed by atoms with E-state index in [4.69, 9.17) is 5.11 Å². The molecule has 106 valence electrons. The highest BCUT2D eigenvalue weighted by atomic mass is 16.3. The van der Waals surface area contributed by atoms with Crippen LogP contribution in [0, 0.1) is 5.92 Å². The first-order valence-corrected chi connectivity index (χ1v) is 7.10. The fourth-order valence-electron chi connectivity index (χ4n) is 2.48. The Morgan fingerprint density at radius 3 is 2.53 bits per heavy atom. The van der Waals surface area contributed by atoms with E-state index in [-0.39, 0.29) is 6.61 Å². The monoisotopic (exact) mass is 264 g/mol. The normalized spacial score (nSPS) is 18.2. The maximum Gasteiger partial charge on any atom is 0.0942 e. The first-order valence-electron chi connectivity index (χ1n) is 7.10. The van der Waals surface area contributed by atoms with Crippen LogP contribution in [-0.4, -0.2) is 42.6 Å². The molecule has 1 saturated heterocycles. The molecule has 0 amide bonds. The molecule has 0 bridgehead atoms. The first kappa shape index (κ1) is 14.3. The van der Waals surface area contributed by atoms with Gasteiger partial charge < -0.3 is 20.8 Å². The Bertz CT molecular complexity index is 361. The van der Waals surface area contributed by atoms with Gasteiger partial charge in [0.05, 0.1) is 12.7 Å². The number of aliphatic hydroxyl groups excluding tert-OH is 2. The quantitative estimate of drug-likeness (QED) is 0.619. The molecule has 1 aromatic carbocycles. The minimum absolute atomic E-state index is 0.208. The molecule has 2 rings (SSSR count). The molecular formula is C15H24N2O2. The average molecular weight is 264 g/mol. The van der Waals surface area contributed by atoms with Gasteiger partial charge in [-0.1, -0.05) is 12.1 Å². The molecule has 4 nitrogen and oxygen atoms in total. The van der Waals surface area contributed by atoms with Crippen LogP contribution < -0.4 is 10.6 Å². The van der Waals surface area contributed by atoms with Gasteiger partial charge in [0.1, 0.15) is 0 Å². The van der Waals surface area contributed by atoms with Crippen LogP contribution in [0.1, 0.15) is 18.4 Å². The summed E-state index contributed by atoms with van der Waals surface area (Å²) in [5, 5.41) is 24.5. The van der Waals surface area contributed by atoms with Gasteiger partial charge in [-0.05, 0) is 56.0 Å². The number of aliphatic hydroxyl groups is 2. The minimum Gasteiger partial charge on any atom is -0.394 e. The van der Waals surface area contributed by atoms with Gasteiger partial charge in [0, 0.05) is 12.2 Å². The highest BCUT2D eigenvalue weighted by Gasteiger charge is 2.13. The number of hydrogen-bond acceptors (Lipinski definition) is 4. The van der Waals surface area contributed by atoms with Crippen molar-refractivity contribution in [3.8, 4) is 0 Å². The molecule has 1 heterocycles. The van der Waals surface area contributed by atoms with E-state index < -0.39 is 6.10 Å². The maximum absolute atomic E-state index is 9.27. The van der Waals surface area contributed by atoms with Crippen molar-refractivity contribution in [1.29, 1.82) is 0 Å². The van der Waals surface area contributed by atoms with Crippen LogP contribution in [-0.2, 0) is 6.42 Å². The van der Waals surface area contributed by atoms with Crippen LogP contribution in [0.15, 0.2) is 24.3 Å². The summed E-state index contributed by atoms with van der Waals surface area (Å²) in [6.45, 7) is 2.46. The smallest absolute Gasteiger partial charge is 0.0942 e. The van der Waals surface area contributed by atoms with Gasteiger partial charge in [-0.3, -0.25) is 0 Å². The second kappa shape index (κ2) is 7.48. The lowest BCUT2D eigenvalue weighted by atomic mass is 9.91. The lowest BCUT2D eigenvalue weighted by Crippen LogP contribution is -2.28. The Kier molecular flexibility index (Phi) is 5.63. The highest BCUT2D eigenvalue weighted by molar-refractivity contribution is 5.44. The maximum atomic E-state index is 9.27. The molecule has 1 atom stereocenters. The summed E-state index contributed by atoms with van der Waals surface area (Å²) in [5.41, 5.74) is 2.36. The second-order valence-electron chi connectivity index (χ2n) is 5.31. The van der Waals surface area contributed by atoms with E-state index in [2.05, 4.69) is 22.8 Å². The van der Waals surface area contributed by atoms with Gasteiger partial charge in [0.25, 0.3) is 0 Å². The van der Waals surface area contributed by atoms with Gasteiger partial charge in [0.15, 0.2) is 0 Å². The van der Waals surface area contributed by atoms with Gasteiger partial charge in [-0.25, -0.2) is 0 Å². The third-order valence-corrected chi connectivity index (χ3v) is 3.69. The summed E-state index contributed by atoms with van der Waals surface area (Å²) < 4.78 is 0. The first-order chi connectivity index (χ1) is 9.28. The van der Waals surface area contributed by atoms with Crippen molar-refractivity contribution in [3.63, 3.8) is 0 Å². The molecule has 1 aliphatic heterocycles. The Hall–Kier alpha value is -1.10. The van der Waals surface area contributed by atoms with Gasteiger partial charge in [-0.15, -0.1) is 0 Å². The summed E-state index contributed by atoms with van der Waals surface area (Å²) in [4.78, 5) is 0. The molecule has 1 aliphatic rings. The minimum atomic E-state index is -0.700. The predicted molar refractivity (Wildman–Crippen MR) is 77.3 cm³/mol. The van der Waals surface area contributed by atoms with Crippen molar-refractivity contribution in [1.82, 2.24) is 5.32 Å². The standard InChI is InChI=1S/C15H24N2O2/c18-11-15(19)10-17-14-3-1-12(2-4-14)9-13-5-7-16-8-6-13/h1-4,13,15-19H,5-11H2. The third-order valence-electron chi connectivity index (χ3n) is 3.69. The fourth-order valence-corrected chi connectivity index (χ4v) is 2.48. The molecule has 1 unspecified atom stereocenters. The topological polar surface area (TPSA) is 64.5 Å². The molecule has 4 N–H and O–H groups in total.